The first-order valence-electron chi connectivity index (χ1n) is 12.2. The highest BCUT2D eigenvalue weighted by Gasteiger charge is 2.50. The summed E-state index contributed by atoms with van der Waals surface area (Å²) < 4.78 is 0. The second kappa shape index (κ2) is 7.03. The van der Waals surface area contributed by atoms with Gasteiger partial charge in [-0.3, -0.25) is 14.9 Å². The van der Waals surface area contributed by atoms with Crippen molar-refractivity contribution in [1.29, 1.82) is 0 Å². The molecule has 3 aliphatic rings. The maximum absolute atomic E-state index is 13.3. The molecule has 7 nitrogen and oxygen atoms in total. The average Bonchev–Trinajstić information content (AvgIpc) is 3.49. The summed E-state index contributed by atoms with van der Waals surface area (Å²) in [7, 11) is 0. The lowest BCUT2D eigenvalue weighted by atomic mass is 9.73. The van der Waals surface area contributed by atoms with E-state index in [-0.39, 0.29) is 22.4 Å². The van der Waals surface area contributed by atoms with Crippen LogP contribution < -0.4 is 16.2 Å². The summed E-state index contributed by atoms with van der Waals surface area (Å²) in [6.45, 7) is 1.65. The number of nitrogens with zero attached hydrogens (tertiary/aromatic N) is 3. The minimum absolute atomic E-state index is 0.0724. The fourth-order valence-corrected chi connectivity index (χ4v) is 6.44. The zero-order valence-corrected chi connectivity index (χ0v) is 19.1. The topological polar surface area (TPSA) is 104 Å². The molecule has 0 bridgehead atoms. The molecular weight excluding hydrogens is 424 g/mol. The van der Waals surface area contributed by atoms with E-state index in [0.717, 1.165) is 50.9 Å². The molecular formula is C27H28N6O. The quantitative estimate of drug-likeness (QED) is 0.441. The lowest BCUT2D eigenvalue weighted by Gasteiger charge is -2.42. The van der Waals surface area contributed by atoms with Crippen LogP contribution in [0.5, 0.6) is 0 Å². The standard InChI is InChI=1S/C27H28N6O/c28-21-19-9-5-4-6-17(19)16-26(21)12-14-33(15-13-26)25-29-23-20(24(34)30-25)22(31-32-23)27(10-11-27)18-7-2-1-3-8-18/h1-9,21H,10-16,28H2,(H2,29,30,31,32,34)/t21-/m0/s1. The number of hydrogen-bond acceptors (Lipinski definition) is 5. The summed E-state index contributed by atoms with van der Waals surface area (Å²) in [5.74, 6) is 0.621. The van der Waals surface area contributed by atoms with Crippen LogP contribution in [-0.4, -0.2) is 33.3 Å². The number of H-pyrrole nitrogens is 2. The SMILES string of the molecule is N[C@H]1c2ccccc2CC12CCN(c1nc3[nH]nc(C4(c5ccccc5)CC4)c3c(=O)[nH]1)CC2. The zero-order chi connectivity index (χ0) is 22.9. The maximum atomic E-state index is 13.3. The molecule has 0 unspecified atom stereocenters. The van der Waals surface area contributed by atoms with Gasteiger partial charge in [0.15, 0.2) is 5.65 Å². The predicted molar refractivity (Wildman–Crippen MR) is 132 cm³/mol. The summed E-state index contributed by atoms with van der Waals surface area (Å²) >= 11 is 0. The number of anilines is 1. The van der Waals surface area contributed by atoms with Crippen LogP contribution in [0.15, 0.2) is 59.4 Å². The van der Waals surface area contributed by atoms with Gasteiger partial charge in [0.1, 0.15) is 5.39 Å². The van der Waals surface area contributed by atoms with Crippen molar-refractivity contribution in [3.8, 4) is 0 Å². The second-order valence-corrected chi connectivity index (χ2v) is 10.3. The number of rotatable bonds is 3. The van der Waals surface area contributed by atoms with Gasteiger partial charge >= 0.3 is 0 Å². The van der Waals surface area contributed by atoms with Gasteiger partial charge < -0.3 is 10.6 Å². The summed E-state index contributed by atoms with van der Waals surface area (Å²) in [6, 6.07) is 19.0. The van der Waals surface area contributed by atoms with Crippen molar-refractivity contribution >= 4 is 17.0 Å². The van der Waals surface area contributed by atoms with Gasteiger partial charge in [-0.05, 0) is 54.2 Å². The van der Waals surface area contributed by atoms with Crippen molar-refractivity contribution in [1.82, 2.24) is 20.2 Å². The maximum Gasteiger partial charge on any atom is 0.263 e. The van der Waals surface area contributed by atoms with E-state index in [2.05, 4.69) is 56.5 Å². The Bertz CT molecular complexity index is 1440. The van der Waals surface area contributed by atoms with E-state index >= 15 is 0 Å². The zero-order valence-electron chi connectivity index (χ0n) is 19.1. The third-order valence-electron chi connectivity index (χ3n) is 8.60. The first kappa shape index (κ1) is 20.0. The van der Waals surface area contributed by atoms with Crippen LogP contribution in [0, 0.1) is 5.41 Å². The van der Waals surface area contributed by atoms with Gasteiger partial charge in [0.25, 0.3) is 5.56 Å². The Labute approximate surface area is 197 Å². The normalized spacial score (nSPS) is 22.3. The molecule has 2 aliphatic carbocycles. The Morgan fingerprint density at radius 2 is 1.71 bits per heavy atom. The largest absolute Gasteiger partial charge is 0.342 e. The van der Waals surface area contributed by atoms with E-state index < -0.39 is 0 Å². The third kappa shape index (κ3) is 2.76. The van der Waals surface area contributed by atoms with Gasteiger partial charge in [0.05, 0.1) is 5.69 Å². The molecule has 0 amide bonds. The molecule has 4 aromatic rings. The first-order chi connectivity index (χ1) is 16.6. The van der Waals surface area contributed by atoms with E-state index in [9.17, 15) is 4.79 Å². The Hall–Kier alpha value is -3.45. The number of piperidine rings is 1. The first-order valence-corrected chi connectivity index (χ1v) is 12.2. The van der Waals surface area contributed by atoms with Gasteiger partial charge in [0.2, 0.25) is 5.95 Å². The molecule has 172 valence electrons. The fourth-order valence-electron chi connectivity index (χ4n) is 6.44. The number of benzene rings is 2. The van der Waals surface area contributed by atoms with E-state index in [1.807, 2.05) is 18.2 Å². The number of aromatic amines is 2. The van der Waals surface area contributed by atoms with Crippen molar-refractivity contribution in [2.24, 2.45) is 11.1 Å². The van der Waals surface area contributed by atoms with Gasteiger partial charge in [0, 0.05) is 24.5 Å². The molecule has 1 saturated heterocycles. The molecule has 1 spiro atoms. The van der Waals surface area contributed by atoms with E-state index in [4.69, 9.17) is 10.7 Å². The molecule has 7 rings (SSSR count). The molecule has 4 N–H and O–H groups in total. The van der Waals surface area contributed by atoms with Gasteiger partial charge in [-0.2, -0.15) is 10.1 Å². The molecule has 34 heavy (non-hydrogen) atoms. The molecule has 1 saturated carbocycles. The summed E-state index contributed by atoms with van der Waals surface area (Å²) in [5.41, 5.74) is 11.8. The van der Waals surface area contributed by atoms with Crippen LogP contribution in [0.3, 0.4) is 0 Å². The summed E-state index contributed by atoms with van der Waals surface area (Å²) in [6.07, 6.45) is 4.99. The Balaban J connectivity index is 1.17. The number of hydrogen-bond donors (Lipinski definition) is 3. The van der Waals surface area contributed by atoms with Crippen LogP contribution in [0.1, 0.15) is 54.1 Å². The number of aromatic nitrogens is 4. The van der Waals surface area contributed by atoms with Crippen LogP contribution in [0.25, 0.3) is 11.0 Å². The highest BCUT2D eigenvalue weighted by molar-refractivity contribution is 5.80. The number of fused-ring (bicyclic) bond motifs is 2. The molecule has 2 fully saturated rings. The predicted octanol–water partition coefficient (Wildman–Crippen LogP) is 3.57. The Morgan fingerprint density at radius 3 is 2.44 bits per heavy atom. The van der Waals surface area contributed by atoms with Crippen molar-refractivity contribution in [2.75, 3.05) is 18.0 Å². The van der Waals surface area contributed by atoms with Gasteiger partial charge in [-0.1, -0.05) is 54.6 Å². The monoisotopic (exact) mass is 452 g/mol. The van der Waals surface area contributed by atoms with E-state index in [1.165, 1.54) is 16.7 Å². The molecule has 2 aromatic heterocycles. The minimum atomic E-state index is -0.180. The molecule has 7 heteroatoms. The third-order valence-corrected chi connectivity index (χ3v) is 8.60. The van der Waals surface area contributed by atoms with Gasteiger partial charge in [-0.25, -0.2) is 0 Å². The minimum Gasteiger partial charge on any atom is -0.342 e. The highest BCUT2D eigenvalue weighted by Crippen LogP contribution is 2.54. The van der Waals surface area contributed by atoms with Gasteiger partial charge in [-0.15, -0.1) is 0 Å². The highest BCUT2D eigenvalue weighted by atomic mass is 16.1. The van der Waals surface area contributed by atoms with Crippen molar-refractivity contribution in [3.63, 3.8) is 0 Å². The van der Waals surface area contributed by atoms with Crippen molar-refractivity contribution in [3.05, 3.63) is 87.3 Å². The molecule has 3 heterocycles. The summed E-state index contributed by atoms with van der Waals surface area (Å²) in [5, 5.41) is 8.25. The smallest absolute Gasteiger partial charge is 0.263 e. The average molecular weight is 453 g/mol. The van der Waals surface area contributed by atoms with E-state index in [0.29, 0.717) is 17.0 Å². The van der Waals surface area contributed by atoms with Crippen LogP contribution in [0.2, 0.25) is 0 Å². The second-order valence-electron chi connectivity index (χ2n) is 10.3. The van der Waals surface area contributed by atoms with E-state index in [1.54, 1.807) is 0 Å². The molecule has 1 aliphatic heterocycles. The van der Waals surface area contributed by atoms with Crippen LogP contribution in [0.4, 0.5) is 5.95 Å². The lowest BCUT2D eigenvalue weighted by molar-refractivity contribution is 0.187. The molecule has 2 aromatic carbocycles. The number of nitrogens with two attached hydrogens (primary N) is 1. The van der Waals surface area contributed by atoms with Crippen molar-refractivity contribution in [2.45, 2.75) is 43.6 Å². The van der Waals surface area contributed by atoms with Crippen LogP contribution >= 0.6 is 0 Å². The van der Waals surface area contributed by atoms with Crippen molar-refractivity contribution < 1.29 is 0 Å². The molecule has 1 atom stereocenters. The Morgan fingerprint density at radius 1 is 0.971 bits per heavy atom. The number of nitrogens with one attached hydrogen (secondary N) is 2. The van der Waals surface area contributed by atoms with Crippen LogP contribution in [-0.2, 0) is 11.8 Å². The fraction of sp³-hybridized carbons (Fsp3) is 0.370. The molecule has 0 radical (unpaired) electrons. The lowest BCUT2D eigenvalue weighted by Crippen LogP contribution is -2.45. The summed E-state index contributed by atoms with van der Waals surface area (Å²) in [4.78, 5) is 23.3. The Kier molecular flexibility index (Phi) is 4.13.